The van der Waals surface area contributed by atoms with E-state index in [0.29, 0.717) is 5.69 Å². The first-order valence-corrected chi connectivity index (χ1v) is 12.2. The van der Waals surface area contributed by atoms with Crippen LogP contribution in [-0.2, 0) is 6.42 Å². The molecule has 8 heteroatoms. The summed E-state index contributed by atoms with van der Waals surface area (Å²) in [5.41, 5.74) is 2.04. The van der Waals surface area contributed by atoms with Crippen molar-refractivity contribution in [2.24, 2.45) is 0 Å². The van der Waals surface area contributed by atoms with Crippen molar-refractivity contribution in [3.63, 3.8) is 0 Å². The molecule has 1 fully saturated rings. The Bertz CT molecular complexity index is 1270. The minimum atomic E-state index is -0.469. The highest BCUT2D eigenvalue weighted by molar-refractivity contribution is 7.13. The van der Waals surface area contributed by atoms with Crippen LogP contribution in [0.25, 0.3) is 10.1 Å². The maximum Gasteiger partial charge on any atom is 0.323 e. The van der Waals surface area contributed by atoms with Crippen molar-refractivity contribution in [1.82, 2.24) is 9.27 Å². The fourth-order valence-electron chi connectivity index (χ4n) is 4.17. The molecule has 2 heterocycles. The van der Waals surface area contributed by atoms with Gasteiger partial charge in [-0.25, -0.2) is 9.18 Å². The van der Waals surface area contributed by atoms with E-state index in [9.17, 15) is 9.18 Å². The van der Waals surface area contributed by atoms with Crippen LogP contribution in [0.2, 0.25) is 0 Å². The second-order valence-corrected chi connectivity index (χ2v) is 9.14. The summed E-state index contributed by atoms with van der Waals surface area (Å²) in [5, 5.41) is 6.52. The summed E-state index contributed by atoms with van der Waals surface area (Å²) in [6.45, 7) is 4.98. The van der Waals surface area contributed by atoms with Crippen LogP contribution in [0.3, 0.4) is 0 Å². The molecule has 0 bridgehead atoms. The molecule has 5 rings (SSSR count). The average molecular weight is 476 g/mol. The fourth-order valence-corrected chi connectivity index (χ4v) is 4.97. The van der Waals surface area contributed by atoms with E-state index in [1.54, 1.807) is 23.7 Å². The Morgan fingerprint density at radius 1 is 0.912 bits per heavy atom. The lowest BCUT2D eigenvalue weighted by molar-refractivity contribution is 0.260. The topological polar surface area (TPSA) is 60.5 Å². The molecular weight excluding hydrogens is 449 g/mol. The van der Waals surface area contributed by atoms with E-state index in [2.05, 4.69) is 49.1 Å². The highest BCUT2D eigenvalue weighted by Gasteiger charge is 2.20. The number of amides is 2. The lowest BCUT2D eigenvalue weighted by Crippen LogP contribution is -2.47. The molecular formula is C26H26FN5OS. The number of hydrogen-bond donors (Lipinski definition) is 2. The smallest absolute Gasteiger partial charge is 0.323 e. The summed E-state index contributed by atoms with van der Waals surface area (Å²) in [5.74, 6) is 0.649. The third kappa shape index (κ3) is 5.18. The fraction of sp³-hybridized carbons (Fsp3) is 0.231. The summed E-state index contributed by atoms with van der Waals surface area (Å²) in [4.78, 5) is 17.0. The Hall–Kier alpha value is -3.49. The number of halogens is 1. The molecule has 2 N–H and O–H groups in total. The number of rotatable bonds is 6. The molecule has 3 aromatic carbocycles. The van der Waals surface area contributed by atoms with Crippen molar-refractivity contribution in [1.29, 1.82) is 0 Å². The highest BCUT2D eigenvalue weighted by atomic mass is 32.1. The summed E-state index contributed by atoms with van der Waals surface area (Å²) < 4.78 is 19.6. The molecule has 2 amide bonds. The summed E-state index contributed by atoms with van der Waals surface area (Å²) in [7, 11) is 0. The maximum absolute atomic E-state index is 13.7. The van der Waals surface area contributed by atoms with Crippen LogP contribution in [0.5, 0.6) is 0 Å². The Kier molecular flexibility index (Phi) is 6.69. The van der Waals surface area contributed by atoms with Crippen LogP contribution in [0, 0.1) is 5.82 Å². The van der Waals surface area contributed by atoms with E-state index in [1.165, 1.54) is 27.8 Å². The first kappa shape index (κ1) is 22.3. The zero-order valence-corrected chi connectivity index (χ0v) is 19.5. The predicted octanol–water partition coefficient (Wildman–Crippen LogP) is 5.44. The van der Waals surface area contributed by atoms with Gasteiger partial charge in [0.2, 0.25) is 0 Å². The van der Waals surface area contributed by atoms with Gasteiger partial charge in [0.05, 0.1) is 10.4 Å². The Morgan fingerprint density at radius 3 is 2.44 bits per heavy atom. The number of anilines is 3. The predicted molar refractivity (Wildman–Crippen MR) is 137 cm³/mol. The second kappa shape index (κ2) is 10.2. The number of para-hydroxylation sites is 1. The van der Waals surface area contributed by atoms with Gasteiger partial charge in [0.25, 0.3) is 0 Å². The molecule has 1 aromatic heterocycles. The third-order valence-corrected chi connectivity index (χ3v) is 6.90. The van der Waals surface area contributed by atoms with Crippen LogP contribution in [0.4, 0.5) is 26.4 Å². The van der Waals surface area contributed by atoms with Gasteiger partial charge in [-0.05, 0) is 59.9 Å². The van der Waals surface area contributed by atoms with E-state index in [0.717, 1.165) is 45.0 Å². The van der Waals surface area contributed by atoms with Gasteiger partial charge in [0.15, 0.2) is 0 Å². The van der Waals surface area contributed by atoms with Gasteiger partial charge in [-0.15, -0.1) is 0 Å². The number of benzene rings is 3. The summed E-state index contributed by atoms with van der Waals surface area (Å²) in [6.07, 6.45) is 0.946. The van der Waals surface area contributed by atoms with Crippen LogP contribution in [-0.4, -0.2) is 48.0 Å². The van der Waals surface area contributed by atoms with E-state index in [4.69, 9.17) is 0 Å². The molecule has 0 radical (unpaired) electrons. The van der Waals surface area contributed by atoms with Crippen LogP contribution >= 0.6 is 11.5 Å². The molecule has 34 heavy (non-hydrogen) atoms. The minimum Gasteiger partial charge on any atom is -0.353 e. The molecule has 0 spiro atoms. The van der Waals surface area contributed by atoms with E-state index in [-0.39, 0.29) is 5.69 Å². The van der Waals surface area contributed by atoms with Crippen molar-refractivity contribution >= 4 is 44.8 Å². The van der Waals surface area contributed by atoms with Crippen LogP contribution < -0.4 is 15.5 Å². The van der Waals surface area contributed by atoms with Gasteiger partial charge in [-0.2, -0.15) is 4.37 Å². The van der Waals surface area contributed by atoms with Gasteiger partial charge in [0, 0.05) is 43.8 Å². The number of carbonyl (C=O) groups is 1. The monoisotopic (exact) mass is 475 g/mol. The number of nitrogens with zero attached hydrogens (tertiary/aromatic N) is 3. The number of carbonyl (C=O) groups excluding carboxylic acids is 1. The molecule has 0 unspecified atom stereocenters. The molecule has 1 aliphatic rings. The molecule has 6 nitrogen and oxygen atoms in total. The molecule has 1 saturated heterocycles. The number of nitrogens with one attached hydrogen (secondary N) is 2. The summed E-state index contributed by atoms with van der Waals surface area (Å²) in [6, 6.07) is 21.8. The van der Waals surface area contributed by atoms with Gasteiger partial charge < -0.3 is 15.5 Å². The van der Waals surface area contributed by atoms with Crippen molar-refractivity contribution in [2.45, 2.75) is 6.42 Å². The van der Waals surface area contributed by atoms with Crippen molar-refractivity contribution < 1.29 is 9.18 Å². The average Bonchev–Trinajstić information content (AvgIpc) is 3.30. The van der Waals surface area contributed by atoms with Crippen molar-refractivity contribution in [3.05, 3.63) is 84.2 Å². The van der Waals surface area contributed by atoms with Crippen LogP contribution in [0.1, 0.15) is 5.56 Å². The van der Waals surface area contributed by atoms with E-state index in [1.807, 2.05) is 24.3 Å². The number of aromatic nitrogens is 1. The lowest BCUT2D eigenvalue weighted by Gasteiger charge is -2.35. The third-order valence-electron chi connectivity index (χ3n) is 6.08. The number of fused-ring (bicyclic) bond motifs is 1. The van der Waals surface area contributed by atoms with E-state index < -0.39 is 11.8 Å². The molecule has 0 saturated carbocycles. The van der Waals surface area contributed by atoms with Crippen molar-refractivity contribution in [3.8, 4) is 0 Å². The molecule has 174 valence electrons. The Morgan fingerprint density at radius 2 is 1.65 bits per heavy atom. The number of piperazine rings is 1. The Labute approximate surface area is 202 Å². The summed E-state index contributed by atoms with van der Waals surface area (Å²) >= 11 is 1.57. The van der Waals surface area contributed by atoms with Crippen molar-refractivity contribution in [2.75, 3.05) is 48.3 Å². The standard InChI is InChI=1S/C26H26FN5OS/c27-22-6-2-3-7-23(22)29-26(33)28-20-11-9-19(10-12-20)13-14-31-15-17-32(18-16-31)25-21-5-1-4-8-24(21)34-30-25/h1-12H,13-18H2,(H2,28,29,33). The minimum absolute atomic E-state index is 0.152. The normalized spacial score (nSPS) is 14.3. The first-order chi connectivity index (χ1) is 16.7. The quantitative estimate of drug-likeness (QED) is 0.390. The van der Waals surface area contributed by atoms with E-state index >= 15 is 0 Å². The largest absolute Gasteiger partial charge is 0.353 e. The zero-order chi connectivity index (χ0) is 23.3. The Balaban J connectivity index is 1.08. The molecule has 1 aliphatic heterocycles. The van der Waals surface area contributed by atoms with Gasteiger partial charge in [-0.3, -0.25) is 4.90 Å². The van der Waals surface area contributed by atoms with Gasteiger partial charge in [-0.1, -0.05) is 36.4 Å². The van der Waals surface area contributed by atoms with Gasteiger partial charge >= 0.3 is 6.03 Å². The number of urea groups is 1. The zero-order valence-electron chi connectivity index (χ0n) is 18.7. The lowest BCUT2D eigenvalue weighted by atomic mass is 10.1. The molecule has 0 aliphatic carbocycles. The SMILES string of the molecule is O=C(Nc1ccc(CCN2CCN(c3nsc4ccccc34)CC2)cc1)Nc1ccccc1F. The van der Waals surface area contributed by atoms with Gasteiger partial charge in [0.1, 0.15) is 11.6 Å². The van der Waals surface area contributed by atoms with Crippen LogP contribution in [0.15, 0.2) is 72.8 Å². The first-order valence-electron chi connectivity index (χ1n) is 11.4. The highest BCUT2D eigenvalue weighted by Crippen LogP contribution is 2.29. The number of hydrogen-bond acceptors (Lipinski definition) is 5. The maximum atomic E-state index is 13.7. The second-order valence-electron chi connectivity index (χ2n) is 8.34. The molecule has 4 aromatic rings. The molecule has 0 atom stereocenters.